The maximum Gasteiger partial charge on any atom is 0.0812 e. The van der Waals surface area contributed by atoms with Gasteiger partial charge in [-0.3, -0.25) is 0 Å². The zero-order valence-electron chi connectivity index (χ0n) is 22.8. The molecule has 0 bridgehead atoms. The molecule has 0 saturated carbocycles. The van der Waals surface area contributed by atoms with Crippen molar-refractivity contribution in [3.8, 4) is 0 Å². The molecule has 1 heterocycles. The van der Waals surface area contributed by atoms with Crippen molar-refractivity contribution in [2.75, 3.05) is 26.2 Å². The number of halogens is 1. The normalized spacial score (nSPS) is 17.9. The third kappa shape index (κ3) is 17.9. The predicted octanol–water partition coefficient (Wildman–Crippen LogP) is 7.08. The highest BCUT2D eigenvalue weighted by Crippen LogP contribution is 2.26. The molecule has 32 heavy (non-hydrogen) atoms. The molecular weight excluding hydrogens is 454 g/mol. The molecule has 1 fully saturated rings. The quantitative estimate of drug-likeness (QED) is 0.107. The van der Waals surface area contributed by atoms with Crippen molar-refractivity contribution in [3.63, 3.8) is 0 Å². The number of nitrogens with zero attached hydrogens (tertiary/aromatic N) is 1. The highest BCUT2D eigenvalue weighted by atomic mass is 79.9. The lowest BCUT2D eigenvalue weighted by molar-refractivity contribution is -0.936. The summed E-state index contributed by atoms with van der Waals surface area (Å²) in [6, 6.07) is 0. The SMILES string of the molecule is CCCCCCCCCCCC[N+]1(CCCCCCCCCCCC)CCCC(C)C1.[Br-]. The van der Waals surface area contributed by atoms with Crippen molar-refractivity contribution in [3.05, 3.63) is 0 Å². The van der Waals surface area contributed by atoms with E-state index >= 15 is 0 Å². The highest BCUT2D eigenvalue weighted by molar-refractivity contribution is 4.62. The van der Waals surface area contributed by atoms with Gasteiger partial charge in [0.25, 0.3) is 0 Å². The molecule has 0 amide bonds. The Kier molecular flexibility index (Phi) is 23.5. The second kappa shape index (κ2) is 23.2. The van der Waals surface area contributed by atoms with E-state index in [2.05, 4.69) is 20.8 Å². The first-order valence-corrected chi connectivity index (χ1v) is 15.1. The molecule has 0 aromatic heterocycles. The van der Waals surface area contributed by atoms with Crippen LogP contribution in [0.25, 0.3) is 0 Å². The lowest BCUT2D eigenvalue weighted by atomic mass is 9.95. The fraction of sp³-hybridized carbons (Fsp3) is 1.00. The Morgan fingerprint density at radius 3 is 1.22 bits per heavy atom. The standard InChI is InChI=1S/C30H62N.BrH/c1-4-6-8-10-12-14-16-18-20-22-26-31(28-24-25-30(3)29-31)27-23-21-19-17-15-13-11-9-7-5-2;/h30H,4-29H2,1-3H3;1H/q+1;/p-1. The van der Waals surface area contributed by atoms with Crippen LogP contribution in [0.4, 0.5) is 0 Å². The van der Waals surface area contributed by atoms with E-state index in [0.29, 0.717) is 0 Å². The van der Waals surface area contributed by atoms with Gasteiger partial charge in [-0.25, -0.2) is 0 Å². The van der Waals surface area contributed by atoms with Crippen molar-refractivity contribution >= 4 is 0 Å². The maximum atomic E-state index is 2.52. The molecule has 0 aliphatic carbocycles. The van der Waals surface area contributed by atoms with Crippen LogP contribution < -0.4 is 17.0 Å². The summed E-state index contributed by atoms with van der Waals surface area (Å²) in [4.78, 5) is 0. The topological polar surface area (TPSA) is 0 Å². The van der Waals surface area contributed by atoms with Crippen LogP contribution in [0.15, 0.2) is 0 Å². The lowest BCUT2D eigenvalue weighted by Crippen LogP contribution is -3.00. The largest absolute Gasteiger partial charge is 1.00 e. The van der Waals surface area contributed by atoms with Gasteiger partial charge >= 0.3 is 0 Å². The third-order valence-corrected chi connectivity index (χ3v) is 8.00. The van der Waals surface area contributed by atoms with Crippen molar-refractivity contribution in [1.29, 1.82) is 0 Å². The molecule has 1 saturated heterocycles. The van der Waals surface area contributed by atoms with Gasteiger partial charge in [0.1, 0.15) is 0 Å². The first-order chi connectivity index (χ1) is 15.2. The summed E-state index contributed by atoms with van der Waals surface area (Å²) in [5, 5.41) is 0. The number of hydrogen-bond donors (Lipinski definition) is 0. The van der Waals surface area contributed by atoms with Crippen molar-refractivity contribution in [2.24, 2.45) is 5.92 Å². The first kappa shape index (κ1) is 32.4. The first-order valence-electron chi connectivity index (χ1n) is 15.1. The van der Waals surface area contributed by atoms with Crippen molar-refractivity contribution in [2.45, 2.75) is 162 Å². The molecule has 1 unspecified atom stereocenters. The number of hydrogen-bond acceptors (Lipinski definition) is 0. The molecule has 0 radical (unpaired) electrons. The minimum Gasteiger partial charge on any atom is -1.00 e. The molecular formula is C30H62BrN. The molecule has 1 rings (SSSR count). The van der Waals surface area contributed by atoms with E-state index in [-0.39, 0.29) is 17.0 Å². The van der Waals surface area contributed by atoms with E-state index in [1.165, 1.54) is 172 Å². The zero-order chi connectivity index (χ0) is 22.5. The van der Waals surface area contributed by atoms with Gasteiger partial charge in [0.15, 0.2) is 0 Å². The van der Waals surface area contributed by atoms with Gasteiger partial charge in [0.2, 0.25) is 0 Å². The van der Waals surface area contributed by atoms with Gasteiger partial charge in [-0.1, -0.05) is 124 Å². The molecule has 2 heteroatoms. The van der Waals surface area contributed by atoms with Gasteiger partial charge in [0, 0.05) is 5.92 Å². The summed E-state index contributed by atoms with van der Waals surface area (Å²) in [6.45, 7) is 13.1. The smallest absolute Gasteiger partial charge is 0.0812 e. The van der Waals surface area contributed by atoms with Crippen LogP contribution in [-0.2, 0) is 0 Å². The molecule has 1 atom stereocenters. The summed E-state index contributed by atoms with van der Waals surface area (Å²) in [6.07, 6.45) is 32.3. The van der Waals surface area contributed by atoms with E-state index in [1.807, 2.05) is 0 Å². The van der Waals surface area contributed by atoms with Gasteiger partial charge in [0.05, 0.1) is 26.2 Å². The van der Waals surface area contributed by atoms with Crippen LogP contribution in [0, 0.1) is 5.92 Å². The molecule has 194 valence electrons. The minimum absolute atomic E-state index is 0. The number of likely N-dealkylation sites (tertiary alicyclic amines) is 1. The van der Waals surface area contributed by atoms with Crippen LogP contribution in [0.5, 0.6) is 0 Å². The van der Waals surface area contributed by atoms with Crippen LogP contribution in [0.2, 0.25) is 0 Å². The average Bonchev–Trinajstić information content (AvgIpc) is 2.76. The van der Waals surface area contributed by atoms with Crippen LogP contribution >= 0.6 is 0 Å². The van der Waals surface area contributed by atoms with Crippen LogP contribution in [-0.4, -0.2) is 30.7 Å². The average molecular weight is 517 g/mol. The maximum absolute atomic E-state index is 2.52. The Bertz CT molecular complexity index is 346. The van der Waals surface area contributed by atoms with Gasteiger partial charge in [-0.05, 0) is 38.5 Å². The fourth-order valence-electron chi connectivity index (χ4n) is 6.01. The Morgan fingerprint density at radius 2 is 0.875 bits per heavy atom. The van der Waals surface area contributed by atoms with E-state index in [9.17, 15) is 0 Å². The predicted molar refractivity (Wildman–Crippen MR) is 142 cm³/mol. The van der Waals surface area contributed by atoms with Gasteiger partial charge in [-0.2, -0.15) is 0 Å². The Balaban J connectivity index is 0.00000961. The molecule has 0 spiro atoms. The van der Waals surface area contributed by atoms with E-state index in [1.54, 1.807) is 0 Å². The Hall–Kier alpha value is 0.440. The summed E-state index contributed by atoms with van der Waals surface area (Å²) >= 11 is 0. The molecule has 1 aliphatic heterocycles. The number of unbranched alkanes of at least 4 members (excludes halogenated alkanes) is 18. The number of rotatable bonds is 22. The number of piperidine rings is 1. The molecule has 1 aliphatic rings. The molecule has 1 nitrogen and oxygen atoms in total. The van der Waals surface area contributed by atoms with Crippen LogP contribution in [0.3, 0.4) is 0 Å². The van der Waals surface area contributed by atoms with E-state index in [0.717, 1.165) is 5.92 Å². The third-order valence-electron chi connectivity index (χ3n) is 8.00. The second-order valence-corrected chi connectivity index (χ2v) is 11.3. The molecule has 0 N–H and O–H groups in total. The van der Waals surface area contributed by atoms with Crippen molar-refractivity contribution in [1.82, 2.24) is 0 Å². The van der Waals surface area contributed by atoms with E-state index < -0.39 is 0 Å². The highest BCUT2D eigenvalue weighted by Gasteiger charge is 2.32. The molecule has 0 aromatic carbocycles. The Labute approximate surface area is 215 Å². The van der Waals surface area contributed by atoms with Gasteiger partial charge in [-0.15, -0.1) is 0 Å². The van der Waals surface area contributed by atoms with Crippen molar-refractivity contribution < 1.29 is 21.5 Å². The molecule has 0 aromatic rings. The fourth-order valence-corrected chi connectivity index (χ4v) is 6.01. The minimum atomic E-state index is 0. The summed E-state index contributed by atoms with van der Waals surface area (Å²) in [5.41, 5.74) is 0. The summed E-state index contributed by atoms with van der Waals surface area (Å²) < 4.78 is 1.48. The summed E-state index contributed by atoms with van der Waals surface area (Å²) in [5.74, 6) is 0.958. The lowest BCUT2D eigenvalue weighted by Gasteiger charge is -2.44. The Morgan fingerprint density at radius 1 is 0.531 bits per heavy atom. The van der Waals surface area contributed by atoms with Crippen LogP contribution in [0.1, 0.15) is 162 Å². The van der Waals surface area contributed by atoms with E-state index in [4.69, 9.17) is 0 Å². The summed E-state index contributed by atoms with van der Waals surface area (Å²) in [7, 11) is 0. The monoisotopic (exact) mass is 515 g/mol. The number of quaternary nitrogens is 1. The second-order valence-electron chi connectivity index (χ2n) is 11.3. The zero-order valence-corrected chi connectivity index (χ0v) is 24.4. The van der Waals surface area contributed by atoms with Gasteiger partial charge < -0.3 is 21.5 Å².